The fourth-order valence-corrected chi connectivity index (χ4v) is 1.04. The molecule has 0 aromatic rings. The van der Waals surface area contributed by atoms with Crippen LogP contribution in [0.4, 0.5) is 0 Å². The van der Waals surface area contributed by atoms with E-state index in [-0.39, 0.29) is 23.5 Å². The number of nitrogens with one attached hydrogen (secondary N) is 1. The minimum absolute atomic E-state index is 0.109. The van der Waals surface area contributed by atoms with E-state index in [1.165, 1.54) is 0 Å². The summed E-state index contributed by atoms with van der Waals surface area (Å²) < 4.78 is 0. The summed E-state index contributed by atoms with van der Waals surface area (Å²) in [6.45, 7) is 1.75. The molecule has 0 aromatic carbocycles. The molecule has 50 valence electrons. The molecule has 3 nitrogen and oxygen atoms in total. The molecule has 2 atom stereocenters. The third-order valence-electron chi connectivity index (χ3n) is 1.75. The van der Waals surface area contributed by atoms with Crippen LogP contribution in [0.25, 0.3) is 0 Å². The van der Waals surface area contributed by atoms with Crippen molar-refractivity contribution in [2.45, 2.75) is 13.0 Å². The Morgan fingerprint density at radius 3 is 2.11 bits per heavy atom. The van der Waals surface area contributed by atoms with Crippen molar-refractivity contribution < 1.29 is 9.59 Å². The van der Waals surface area contributed by atoms with Crippen LogP contribution in [-0.2, 0) is 9.59 Å². The van der Waals surface area contributed by atoms with Gasteiger partial charge < -0.3 is 5.32 Å². The van der Waals surface area contributed by atoms with E-state index in [4.69, 9.17) is 0 Å². The van der Waals surface area contributed by atoms with Crippen molar-refractivity contribution in [3.8, 4) is 0 Å². The molecule has 1 fully saturated rings. The van der Waals surface area contributed by atoms with Crippen LogP contribution in [0, 0.1) is 5.92 Å². The quantitative estimate of drug-likeness (QED) is 0.477. The Hall–Kier alpha value is -0.700. The first-order valence-electron chi connectivity index (χ1n) is 2.93. The van der Waals surface area contributed by atoms with E-state index in [1.807, 2.05) is 0 Å². The highest BCUT2D eigenvalue weighted by atomic mass is 16.2. The van der Waals surface area contributed by atoms with Crippen LogP contribution in [0.15, 0.2) is 0 Å². The number of carbonyl (C=O) groups excluding carboxylic acids is 2. The normalized spacial score (nSPS) is 34.4. The first-order valence-corrected chi connectivity index (χ1v) is 2.93. The molecule has 1 N–H and O–H groups in total. The molecule has 0 bridgehead atoms. The Morgan fingerprint density at radius 1 is 1.33 bits per heavy atom. The zero-order valence-corrected chi connectivity index (χ0v) is 5.47. The minimum Gasteiger partial charge on any atom is -0.310 e. The topological polar surface area (TPSA) is 46.2 Å². The van der Waals surface area contributed by atoms with Crippen molar-refractivity contribution in [2.75, 3.05) is 7.05 Å². The highest BCUT2D eigenvalue weighted by molar-refractivity contribution is 6.47. The lowest BCUT2D eigenvalue weighted by molar-refractivity contribution is -0.149. The average Bonchev–Trinajstić information content (AvgIpc) is 1.89. The molecule has 3 heteroatoms. The van der Waals surface area contributed by atoms with Crippen molar-refractivity contribution in [3.05, 3.63) is 0 Å². The van der Waals surface area contributed by atoms with E-state index in [9.17, 15) is 9.59 Å². The summed E-state index contributed by atoms with van der Waals surface area (Å²) >= 11 is 0. The molecule has 2 unspecified atom stereocenters. The van der Waals surface area contributed by atoms with Gasteiger partial charge in [0.15, 0.2) is 0 Å². The van der Waals surface area contributed by atoms with Gasteiger partial charge in [-0.1, -0.05) is 6.92 Å². The highest BCUT2D eigenvalue weighted by Gasteiger charge is 2.44. The molecule has 1 rings (SSSR count). The monoisotopic (exact) mass is 127 g/mol. The highest BCUT2D eigenvalue weighted by Crippen LogP contribution is 2.17. The fraction of sp³-hybridized carbons (Fsp3) is 0.667. The van der Waals surface area contributed by atoms with E-state index < -0.39 is 0 Å². The van der Waals surface area contributed by atoms with E-state index in [1.54, 1.807) is 14.0 Å². The predicted molar refractivity (Wildman–Crippen MR) is 32.0 cm³/mol. The average molecular weight is 127 g/mol. The van der Waals surface area contributed by atoms with Gasteiger partial charge in [-0.05, 0) is 7.05 Å². The summed E-state index contributed by atoms with van der Waals surface area (Å²) in [5.74, 6) is -0.623. The molecular formula is C6H9NO2. The maximum atomic E-state index is 10.6. The first kappa shape index (κ1) is 6.42. The smallest absolute Gasteiger partial charge is 0.216 e. The maximum absolute atomic E-state index is 10.6. The Labute approximate surface area is 53.4 Å². The molecule has 9 heavy (non-hydrogen) atoms. The third kappa shape index (κ3) is 0.685. The maximum Gasteiger partial charge on any atom is 0.216 e. The molecule has 0 heterocycles. The van der Waals surface area contributed by atoms with Crippen molar-refractivity contribution >= 4 is 11.6 Å². The lowest BCUT2D eigenvalue weighted by Crippen LogP contribution is -2.57. The predicted octanol–water partition coefficient (Wildman–Crippen LogP) is -0.638. The molecule has 1 saturated carbocycles. The van der Waals surface area contributed by atoms with Gasteiger partial charge in [0, 0.05) is 5.92 Å². The zero-order valence-electron chi connectivity index (χ0n) is 5.47. The van der Waals surface area contributed by atoms with Gasteiger partial charge in [-0.2, -0.15) is 0 Å². The van der Waals surface area contributed by atoms with Gasteiger partial charge >= 0.3 is 0 Å². The summed E-state index contributed by atoms with van der Waals surface area (Å²) in [5, 5.41) is 2.76. The summed E-state index contributed by atoms with van der Waals surface area (Å²) in [7, 11) is 1.69. The van der Waals surface area contributed by atoms with Gasteiger partial charge in [0.25, 0.3) is 0 Å². The summed E-state index contributed by atoms with van der Waals surface area (Å²) in [6, 6.07) is -0.211. The Balaban J connectivity index is 2.61. The largest absolute Gasteiger partial charge is 0.310 e. The van der Waals surface area contributed by atoms with Crippen LogP contribution >= 0.6 is 0 Å². The van der Waals surface area contributed by atoms with E-state index >= 15 is 0 Å². The van der Waals surface area contributed by atoms with Crippen molar-refractivity contribution in [3.63, 3.8) is 0 Å². The number of rotatable bonds is 1. The lowest BCUT2D eigenvalue weighted by atomic mass is 9.78. The van der Waals surface area contributed by atoms with Crippen LogP contribution in [0.3, 0.4) is 0 Å². The molecule has 0 saturated heterocycles. The second kappa shape index (κ2) is 1.92. The van der Waals surface area contributed by atoms with Crippen molar-refractivity contribution in [2.24, 2.45) is 5.92 Å². The number of Topliss-reactive ketones (excluding diaryl/α,β-unsaturated/α-hetero) is 2. The van der Waals surface area contributed by atoms with Gasteiger partial charge in [0.1, 0.15) is 0 Å². The van der Waals surface area contributed by atoms with Gasteiger partial charge in [-0.3, -0.25) is 9.59 Å². The standard InChI is InChI=1S/C6H9NO2/c1-3-4(7-2)6(9)5(3)8/h3-4,7H,1-2H3. The Kier molecular flexibility index (Phi) is 1.37. The summed E-state index contributed by atoms with van der Waals surface area (Å²) in [4.78, 5) is 21.1. The number of ketones is 2. The number of carbonyl (C=O) groups is 2. The number of likely N-dealkylation sites (N-methyl/N-ethyl adjacent to an activating group) is 1. The second-order valence-corrected chi connectivity index (χ2v) is 2.28. The van der Waals surface area contributed by atoms with Crippen LogP contribution in [-0.4, -0.2) is 24.7 Å². The minimum atomic E-state index is -0.273. The molecule has 1 aliphatic rings. The van der Waals surface area contributed by atoms with Gasteiger partial charge in [0.05, 0.1) is 6.04 Å². The van der Waals surface area contributed by atoms with Crippen LogP contribution in [0.1, 0.15) is 6.92 Å². The first-order chi connectivity index (χ1) is 4.18. The zero-order chi connectivity index (χ0) is 7.02. The van der Waals surface area contributed by atoms with Crippen LogP contribution in [0.5, 0.6) is 0 Å². The SMILES string of the molecule is CNC1C(=O)C(=O)C1C. The second-order valence-electron chi connectivity index (χ2n) is 2.28. The van der Waals surface area contributed by atoms with Gasteiger partial charge in [0.2, 0.25) is 11.6 Å². The summed E-state index contributed by atoms with van der Waals surface area (Å²) in [5.41, 5.74) is 0. The fourth-order valence-electron chi connectivity index (χ4n) is 1.04. The van der Waals surface area contributed by atoms with Crippen molar-refractivity contribution in [1.29, 1.82) is 0 Å². The van der Waals surface area contributed by atoms with Crippen LogP contribution in [0.2, 0.25) is 0 Å². The Bertz CT molecular complexity index is 164. The molecular weight excluding hydrogens is 118 g/mol. The molecule has 0 amide bonds. The lowest BCUT2D eigenvalue weighted by Gasteiger charge is -2.29. The van der Waals surface area contributed by atoms with E-state index in [0.717, 1.165) is 0 Å². The van der Waals surface area contributed by atoms with Gasteiger partial charge in [-0.15, -0.1) is 0 Å². The van der Waals surface area contributed by atoms with Crippen molar-refractivity contribution in [1.82, 2.24) is 5.32 Å². The third-order valence-corrected chi connectivity index (χ3v) is 1.75. The van der Waals surface area contributed by atoms with E-state index in [2.05, 4.69) is 5.32 Å². The number of hydrogen-bond donors (Lipinski definition) is 1. The van der Waals surface area contributed by atoms with E-state index in [0.29, 0.717) is 0 Å². The summed E-state index contributed by atoms with van der Waals surface area (Å²) in [6.07, 6.45) is 0. The van der Waals surface area contributed by atoms with Gasteiger partial charge in [-0.25, -0.2) is 0 Å². The Morgan fingerprint density at radius 2 is 1.89 bits per heavy atom. The molecule has 0 spiro atoms. The molecule has 0 aliphatic heterocycles. The number of hydrogen-bond acceptors (Lipinski definition) is 3. The van der Waals surface area contributed by atoms with Crippen LogP contribution < -0.4 is 5.32 Å². The molecule has 1 aliphatic carbocycles. The molecule has 0 radical (unpaired) electrons. The molecule has 0 aromatic heterocycles.